The van der Waals surface area contributed by atoms with Gasteiger partial charge < -0.3 is 89.1 Å². The van der Waals surface area contributed by atoms with Crippen molar-refractivity contribution in [2.24, 2.45) is 22.9 Å². The highest BCUT2D eigenvalue weighted by Gasteiger charge is 2.31. The van der Waals surface area contributed by atoms with Crippen molar-refractivity contribution in [3.05, 3.63) is 99.3 Å². The van der Waals surface area contributed by atoms with Crippen LogP contribution in [0.4, 0.5) is 10.5 Å². The second-order valence-corrected chi connectivity index (χ2v) is 27.3. The number of aromatic nitrogens is 1. The Morgan fingerprint density at radius 1 is 0.611 bits per heavy atom. The third-order valence-corrected chi connectivity index (χ3v) is 18.3. The zero-order valence-electron chi connectivity index (χ0n) is 60.7. The number of rotatable bonds is 45. The first-order chi connectivity index (χ1) is 51.9. The molecule has 1 unspecified atom stereocenters. The molecule has 2 aliphatic rings. The number of aliphatic carboxylic acids is 1. The normalized spacial score (nSPS) is 15.9. The molecule has 16 N–H and O–H groups in total. The molecule has 0 saturated carbocycles. The van der Waals surface area contributed by atoms with E-state index < -0.39 is 83.4 Å². The molecule has 108 heavy (non-hydrogen) atoms. The number of nitrogens with two attached hydrogens (primary N) is 4. The van der Waals surface area contributed by atoms with E-state index in [0.29, 0.717) is 112 Å². The number of nitrogens with one attached hydrogen (secondary N) is 7. The first-order valence-corrected chi connectivity index (χ1v) is 37.0. The van der Waals surface area contributed by atoms with E-state index in [1.807, 2.05) is 43.9 Å². The highest BCUT2D eigenvalue weighted by atomic mass is 127. The first kappa shape index (κ1) is 87.2. The molecule has 588 valence electrons. The lowest BCUT2D eigenvalue weighted by molar-refractivity contribution is -0.142. The number of fused-ring (bicyclic) bond motifs is 1. The van der Waals surface area contributed by atoms with E-state index in [4.69, 9.17) is 41.9 Å². The summed E-state index contributed by atoms with van der Waals surface area (Å²) in [5.41, 5.74) is 25.4. The predicted octanol–water partition coefficient (Wildman–Crippen LogP) is -1.33. The van der Waals surface area contributed by atoms with Crippen LogP contribution in [0.3, 0.4) is 0 Å². The molecule has 2 aliphatic heterocycles. The molecule has 2 saturated heterocycles. The summed E-state index contributed by atoms with van der Waals surface area (Å²) in [6.07, 6.45) is 4.74. The number of carbonyl (C=O) groups is 12. The maximum Gasteiger partial charge on any atom is 0.326 e. The van der Waals surface area contributed by atoms with Gasteiger partial charge in [0, 0.05) is 111 Å². The monoisotopic (exact) mass is 1620 g/mol. The topological polar surface area (TPSA) is 503 Å². The van der Waals surface area contributed by atoms with Crippen LogP contribution in [-0.2, 0) is 75.0 Å². The van der Waals surface area contributed by atoms with Crippen molar-refractivity contribution in [1.29, 1.82) is 5.26 Å². The Balaban J connectivity index is 0.917. The number of carbonyl (C=O) groups excluding carboxylic acids is 11. The molecule has 35 nitrogen and oxygen atoms in total. The molecule has 0 spiro atoms. The van der Waals surface area contributed by atoms with Gasteiger partial charge in [-0.1, -0.05) is 24.3 Å². The lowest BCUT2D eigenvalue weighted by atomic mass is 10.0. The van der Waals surface area contributed by atoms with E-state index in [1.54, 1.807) is 42.5 Å². The van der Waals surface area contributed by atoms with Crippen LogP contribution in [-0.4, -0.2) is 281 Å². The minimum absolute atomic E-state index is 0.0365. The zero-order chi connectivity index (χ0) is 78.2. The summed E-state index contributed by atoms with van der Waals surface area (Å²) >= 11 is 2.18. The van der Waals surface area contributed by atoms with Gasteiger partial charge in [0.25, 0.3) is 11.8 Å². The number of halogens is 1. The molecular formula is C72H101IN18O17. The number of carboxylic acid groups (broad SMARTS) is 1. The van der Waals surface area contributed by atoms with Crippen molar-refractivity contribution in [2.75, 3.05) is 156 Å². The Hall–Kier alpha value is -9.75. The first-order valence-electron chi connectivity index (χ1n) is 35.9. The number of ether oxygens (including phenoxy) is 4. The SMILES string of the molecule is N#C[C@H]1CCCN1C(=O)CNC(=O)c1ccnc2cc(OCC(=O)NCCOCCOCCOCCC(=O)N[C@@H](CCCCNC(=O)Nc3ccc(CC4CN(CC(N)=O)CCN(CC(N)=O)CCN(CC(N)=O)CCN4CC(N)=O)cc3)C(=O)N[C@@H](CCCCNC(=O)Cc3ccc(I)cc3)C(=O)O)ccc12. The van der Waals surface area contributed by atoms with Crippen LogP contribution in [0.15, 0.2) is 79.0 Å². The van der Waals surface area contributed by atoms with E-state index in [-0.39, 0.29) is 143 Å². The number of nitriles is 1. The van der Waals surface area contributed by atoms with Crippen molar-refractivity contribution in [3.63, 3.8) is 0 Å². The summed E-state index contributed by atoms with van der Waals surface area (Å²) in [6, 6.07) is 19.1. The second kappa shape index (κ2) is 47.8. The average Bonchev–Trinajstić information content (AvgIpc) is 0.945. The Kier molecular flexibility index (Phi) is 38.6. The van der Waals surface area contributed by atoms with E-state index in [0.717, 1.165) is 21.1 Å². The van der Waals surface area contributed by atoms with Crippen molar-refractivity contribution in [2.45, 2.75) is 94.8 Å². The van der Waals surface area contributed by atoms with Gasteiger partial charge in [-0.2, -0.15) is 5.26 Å². The lowest BCUT2D eigenvalue weighted by Gasteiger charge is -2.38. The number of likely N-dealkylation sites (tertiary alicyclic amines) is 1. The van der Waals surface area contributed by atoms with E-state index in [2.05, 4.69) is 70.9 Å². The highest BCUT2D eigenvalue weighted by molar-refractivity contribution is 14.1. The fourth-order valence-electron chi connectivity index (χ4n) is 12.1. The lowest BCUT2D eigenvalue weighted by Crippen LogP contribution is -2.54. The molecule has 1 aromatic heterocycles. The number of amides is 12. The van der Waals surface area contributed by atoms with Crippen LogP contribution < -0.4 is 64.9 Å². The summed E-state index contributed by atoms with van der Waals surface area (Å²) in [4.78, 5) is 166. The number of carboxylic acids is 1. The van der Waals surface area contributed by atoms with Gasteiger partial charge in [0.2, 0.25) is 47.3 Å². The molecule has 0 aliphatic carbocycles. The summed E-state index contributed by atoms with van der Waals surface area (Å²) in [5.74, 6) is -5.89. The van der Waals surface area contributed by atoms with Crippen LogP contribution in [0, 0.1) is 14.9 Å². The Bertz CT molecular complexity index is 3690. The van der Waals surface area contributed by atoms with Gasteiger partial charge in [-0.25, -0.2) is 9.59 Å². The molecule has 4 aromatic rings. The number of pyridine rings is 1. The molecule has 0 bridgehead atoms. The van der Waals surface area contributed by atoms with Gasteiger partial charge >= 0.3 is 12.0 Å². The Morgan fingerprint density at radius 2 is 1.20 bits per heavy atom. The third-order valence-electron chi connectivity index (χ3n) is 17.6. The minimum atomic E-state index is -1.30. The Labute approximate surface area is 640 Å². The van der Waals surface area contributed by atoms with Crippen LogP contribution in [0.2, 0.25) is 0 Å². The Morgan fingerprint density at radius 3 is 1.85 bits per heavy atom. The molecule has 2 fully saturated rings. The van der Waals surface area contributed by atoms with Gasteiger partial charge in [-0.05, 0) is 134 Å². The molecule has 0 radical (unpaired) electrons. The largest absolute Gasteiger partial charge is 0.484 e. The zero-order valence-corrected chi connectivity index (χ0v) is 62.8. The van der Waals surface area contributed by atoms with E-state index in [9.17, 15) is 67.9 Å². The van der Waals surface area contributed by atoms with Crippen molar-refractivity contribution in [3.8, 4) is 11.8 Å². The average molecular weight is 1620 g/mol. The summed E-state index contributed by atoms with van der Waals surface area (Å²) in [6.45, 7) is 3.17. The van der Waals surface area contributed by atoms with Gasteiger partial charge in [-0.15, -0.1) is 0 Å². The van der Waals surface area contributed by atoms with Crippen LogP contribution >= 0.6 is 22.6 Å². The van der Waals surface area contributed by atoms with Gasteiger partial charge in [0.05, 0.1) is 95.9 Å². The number of benzene rings is 3. The summed E-state index contributed by atoms with van der Waals surface area (Å²) in [7, 11) is 0. The predicted molar refractivity (Wildman–Crippen MR) is 404 cm³/mol. The molecular weight excluding hydrogens is 1520 g/mol. The number of hydrogen-bond donors (Lipinski definition) is 12. The van der Waals surface area contributed by atoms with Crippen molar-refractivity contribution in [1.82, 2.24) is 61.4 Å². The standard InChI is InChI=1S/C72H101IN18O17/c73-51-13-9-50(10-14-51)39-66(97)80-21-3-2-8-59(71(102)103)86-70(101)58(7-1-4-22-82-72(104)84-52-15-11-49(12-16-52)38-54-43-89(46-63(77)94)29-28-87(44-61(75)92)26-27-88(45-62(76)93)30-31-90(54)47-64(78)95)85-65(96)20-32-105-34-36-107-37-35-106-33-24-81-67(98)48-108-55-17-18-56-57(19-23-79-60(56)40-55)69(100)83-42-68(99)91-25-5-6-53(91)41-74/h9-19,23,40,53-54,58-59H,1-8,20-22,24-39,42-48H2,(H2,75,92)(H2,76,93)(H2,77,94)(H2,78,95)(H,80,97)(H,81,98)(H,83,100)(H,85,96)(H,86,101)(H,102,103)(H2,82,84,104)/t53-,54?,58+,59+/m1/s1. The van der Waals surface area contributed by atoms with Crippen molar-refractivity contribution < 1.29 is 81.6 Å². The number of hydrogen-bond acceptors (Lipinski definition) is 22. The number of primary amides is 4. The molecule has 4 atom stereocenters. The van der Waals surface area contributed by atoms with Gasteiger partial charge in [-0.3, -0.25) is 72.5 Å². The minimum Gasteiger partial charge on any atom is -0.484 e. The summed E-state index contributed by atoms with van der Waals surface area (Å²) < 4.78 is 23.4. The maximum atomic E-state index is 13.8. The maximum absolute atomic E-state index is 13.8. The molecule has 3 heterocycles. The highest BCUT2D eigenvalue weighted by Crippen LogP contribution is 2.24. The third kappa shape index (κ3) is 33.6. The van der Waals surface area contributed by atoms with E-state index in [1.165, 1.54) is 17.2 Å². The second-order valence-electron chi connectivity index (χ2n) is 26.0. The van der Waals surface area contributed by atoms with E-state index >= 15 is 0 Å². The van der Waals surface area contributed by atoms with Crippen LogP contribution in [0.5, 0.6) is 5.75 Å². The number of anilines is 1. The molecule has 3 aromatic carbocycles. The molecule has 6 rings (SSSR count). The number of unbranched alkanes of at least 4 members (excludes halogenated alkanes) is 2. The van der Waals surface area contributed by atoms with Gasteiger partial charge in [0.15, 0.2) is 6.61 Å². The van der Waals surface area contributed by atoms with Crippen molar-refractivity contribution >= 4 is 110 Å². The van der Waals surface area contributed by atoms with Crippen LogP contribution in [0.1, 0.15) is 79.3 Å². The fourth-order valence-corrected chi connectivity index (χ4v) is 12.4. The quantitative estimate of drug-likeness (QED) is 0.0180. The van der Waals surface area contributed by atoms with Gasteiger partial charge in [0.1, 0.15) is 23.9 Å². The molecule has 12 amide bonds. The smallest absolute Gasteiger partial charge is 0.326 e. The van der Waals surface area contributed by atoms with Crippen LogP contribution in [0.25, 0.3) is 10.9 Å². The fraction of sp³-hybridized carbons (Fsp3) is 0.528. The number of nitrogens with zero attached hydrogens (tertiary/aromatic N) is 7. The molecule has 36 heteroatoms. The summed E-state index contributed by atoms with van der Waals surface area (Å²) in [5, 5.41) is 39.0. The number of urea groups is 1.